The molecule has 1 N–H and O–H groups in total. The molecule has 0 aromatic carbocycles. The minimum absolute atomic E-state index is 0.0153. The van der Waals surface area contributed by atoms with E-state index < -0.39 is 10.0 Å². The van der Waals surface area contributed by atoms with Crippen molar-refractivity contribution in [1.82, 2.24) is 14.5 Å². The second kappa shape index (κ2) is 5.76. The van der Waals surface area contributed by atoms with Crippen LogP contribution >= 0.6 is 0 Å². The van der Waals surface area contributed by atoms with Gasteiger partial charge in [0, 0.05) is 26.2 Å². The zero-order chi connectivity index (χ0) is 14.0. The third-order valence-corrected chi connectivity index (χ3v) is 5.51. The van der Waals surface area contributed by atoms with Crippen molar-refractivity contribution in [2.24, 2.45) is 0 Å². The zero-order valence-electron chi connectivity index (χ0n) is 11.6. The van der Waals surface area contributed by atoms with Crippen LogP contribution in [-0.4, -0.2) is 68.6 Å². The summed E-state index contributed by atoms with van der Waals surface area (Å²) in [4.78, 5) is 14.0. The summed E-state index contributed by atoms with van der Waals surface area (Å²) in [5.41, 5.74) is 0. The van der Waals surface area contributed by atoms with Gasteiger partial charge in [-0.15, -0.1) is 0 Å². The molecular weight excluding hydrogens is 266 g/mol. The highest BCUT2D eigenvalue weighted by Crippen LogP contribution is 2.21. The number of likely N-dealkylation sites (N-methyl/N-ethyl adjacent to an activating group) is 1. The molecule has 0 aliphatic carbocycles. The number of hydrogen-bond acceptors (Lipinski definition) is 4. The van der Waals surface area contributed by atoms with Gasteiger partial charge in [-0.05, 0) is 32.2 Å². The molecule has 0 radical (unpaired) electrons. The third-order valence-electron chi connectivity index (χ3n) is 4.16. The summed E-state index contributed by atoms with van der Waals surface area (Å²) >= 11 is 0. The van der Waals surface area contributed by atoms with Crippen molar-refractivity contribution in [2.75, 3.05) is 32.9 Å². The Bertz CT molecular complexity index is 438. The third kappa shape index (κ3) is 3.46. The summed E-state index contributed by atoms with van der Waals surface area (Å²) in [7, 11) is -1.53. The van der Waals surface area contributed by atoms with Crippen molar-refractivity contribution in [3.8, 4) is 0 Å². The Morgan fingerprint density at radius 1 is 1.32 bits per heavy atom. The Hall–Kier alpha value is -0.660. The van der Waals surface area contributed by atoms with E-state index in [4.69, 9.17) is 0 Å². The average Bonchev–Trinajstić information content (AvgIpc) is 2.37. The maximum absolute atomic E-state index is 11.9. The van der Waals surface area contributed by atoms with Crippen molar-refractivity contribution >= 4 is 15.9 Å². The van der Waals surface area contributed by atoms with Crippen LogP contribution in [0.2, 0.25) is 0 Å². The van der Waals surface area contributed by atoms with Gasteiger partial charge in [0.25, 0.3) is 0 Å². The normalized spacial score (nSPS) is 30.4. The van der Waals surface area contributed by atoms with Crippen LogP contribution in [-0.2, 0) is 14.8 Å². The van der Waals surface area contributed by atoms with E-state index >= 15 is 0 Å². The molecule has 0 bridgehead atoms. The number of nitrogens with one attached hydrogen (secondary N) is 1. The first-order chi connectivity index (χ1) is 8.89. The SMILES string of the molecule is CN(C1CCCN(C2CCCNC2=O)C1)S(C)(=O)=O. The van der Waals surface area contributed by atoms with Gasteiger partial charge in [0.15, 0.2) is 0 Å². The topological polar surface area (TPSA) is 69.7 Å². The van der Waals surface area contributed by atoms with Gasteiger partial charge in [0.2, 0.25) is 15.9 Å². The van der Waals surface area contributed by atoms with Gasteiger partial charge < -0.3 is 5.32 Å². The summed E-state index contributed by atoms with van der Waals surface area (Å²) in [5.74, 6) is 0.0916. The number of hydrogen-bond donors (Lipinski definition) is 1. The fourth-order valence-electron chi connectivity index (χ4n) is 2.94. The summed E-state index contributed by atoms with van der Waals surface area (Å²) in [6.45, 7) is 2.30. The number of rotatable bonds is 3. The molecule has 110 valence electrons. The summed E-state index contributed by atoms with van der Waals surface area (Å²) in [5, 5.41) is 2.89. The number of carbonyl (C=O) groups is 1. The first-order valence-electron chi connectivity index (χ1n) is 6.84. The fraction of sp³-hybridized carbons (Fsp3) is 0.917. The predicted octanol–water partition coefficient (Wildman–Crippen LogP) is -0.379. The molecule has 1 amide bonds. The quantitative estimate of drug-likeness (QED) is 0.769. The Kier molecular flexibility index (Phi) is 4.47. The fourth-order valence-corrected chi connectivity index (χ4v) is 3.65. The Morgan fingerprint density at radius 3 is 2.68 bits per heavy atom. The highest BCUT2D eigenvalue weighted by Gasteiger charge is 2.34. The van der Waals surface area contributed by atoms with Gasteiger partial charge in [-0.3, -0.25) is 9.69 Å². The lowest BCUT2D eigenvalue weighted by molar-refractivity contribution is -0.129. The number of likely N-dealkylation sites (tertiary alicyclic amines) is 1. The molecule has 2 atom stereocenters. The van der Waals surface area contributed by atoms with Crippen molar-refractivity contribution in [3.63, 3.8) is 0 Å². The lowest BCUT2D eigenvalue weighted by atomic mass is 9.99. The van der Waals surface area contributed by atoms with Crippen LogP contribution in [0.3, 0.4) is 0 Å². The van der Waals surface area contributed by atoms with Crippen molar-refractivity contribution in [2.45, 2.75) is 37.8 Å². The van der Waals surface area contributed by atoms with Gasteiger partial charge in [-0.2, -0.15) is 0 Å². The molecule has 2 heterocycles. The lowest BCUT2D eigenvalue weighted by Gasteiger charge is -2.41. The lowest BCUT2D eigenvalue weighted by Crippen LogP contribution is -2.56. The van der Waals surface area contributed by atoms with Crippen LogP contribution in [0.4, 0.5) is 0 Å². The van der Waals surface area contributed by atoms with E-state index in [1.807, 2.05) is 0 Å². The van der Waals surface area contributed by atoms with E-state index in [1.54, 1.807) is 7.05 Å². The van der Waals surface area contributed by atoms with Crippen LogP contribution < -0.4 is 5.32 Å². The van der Waals surface area contributed by atoms with Gasteiger partial charge in [-0.25, -0.2) is 12.7 Å². The molecule has 2 saturated heterocycles. The van der Waals surface area contributed by atoms with Crippen LogP contribution in [0.5, 0.6) is 0 Å². The number of amides is 1. The Labute approximate surface area is 115 Å². The molecule has 2 aliphatic rings. The molecule has 2 rings (SSSR count). The monoisotopic (exact) mass is 289 g/mol. The number of nitrogens with zero attached hydrogens (tertiary/aromatic N) is 2. The molecule has 7 heteroatoms. The average molecular weight is 289 g/mol. The van der Waals surface area contributed by atoms with Gasteiger partial charge >= 0.3 is 0 Å². The van der Waals surface area contributed by atoms with Crippen LogP contribution in [0, 0.1) is 0 Å². The molecule has 0 spiro atoms. The molecule has 6 nitrogen and oxygen atoms in total. The van der Waals surface area contributed by atoms with Crippen LogP contribution in [0.15, 0.2) is 0 Å². The minimum Gasteiger partial charge on any atom is -0.355 e. The molecule has 0 saturated carbocycles. The summed E-state index contributed by atoms with van der Waals surface area (Å²) < 4.78 is 24.7. The van der Waals surface area contributed by atoms with Gasteiger partial charge in [-0.1, -0.05) is 0 Å². The first kappa shape index (κ1) is 14.7. The molecular formula is C12H23N3O3S. The van der Waals surface area contributed by atoms with E-state index in [1.165, 1.54) is 10.6 Å². The zero-order valence-corrected chi connectivity index (χ0v) is 12.4. The first-order valence-corrected chi connectivity index (χ1v) is 8.69. The van der Waals surface area contributed by atoms with E-state index in [0.717, 1.165) is 38.8 Å². The largest absolute Gasteiger partial charge is 0.355 e. The van der Waals surface area contributed by atoms with Crippen LogP contribution in [0.25, 0.3) is 0 Å². The molecule has 0 aromatic heterocycles. The summed E-state index contributed by atoms with van der Waals surface area (Å²) in [6, 6.07) is -0.0945. The molecule has 19 heavy (non-hydrogen) atoms. The maximum Gasteiger partial charge on any atom is 0.237 e. The molecule has 2 unspecified atom stereocenters. The molecule has 0 aromatic rings. The highest BCUT2D eigenvalue weighted by molar-refractivity contribution is 7.88. The van der Waals surface area contributed by atoms with Gasteiger partial charge in [0.05, 0.1) is 12.3 Å². The maximum atomic E-state index is 11.9. The summed E-state index contributed by atoms with van der Waals surface area (Å²) in [6.07, 6.45) is 4.92. The van der Waals surface area contributed by atoms with Crippen LogP contribution in [0.1, 0.15) is 25.7 Å². The van der Waals surface area contributed by atoms with Gasteiger partial charge in [0.1, 0.15) is 0 Å². The minimum atomic E-state index is -3.16. The smallest absolute Gasteiger partial charge is 0.237 e. The van der Waals surface area contributed by atoms with Crippen molar-refractivity contribution in [1.29, 1.82) is 0 Å². The van der Waals surface area contributed by atoms with Crippen molar-refractivity contribution < 1.29 is 13.2 Å². The van der Waals surface area contributed by atoms with Crippen molar-refractivity contribution in [3.05, 3.63) is 0 Å². The predicted molar refractivity (Wildman–Crippen MR) is 73.2 cm³/mol. The molecule has 2 fully saturated rings. The van der Waals surface area contributed by atoms with E-state index in [-0.39, 0.29) is 18.0 Å². The van der Waals surface area contributed by atoms with E-state index in [2.05, 4.69) is 10.2 Å². The molecule has 2 aliphatic heterocycles. The van der Waals surface area contributed by atoms with E-state index in [9.17, 15) is 13.2 Å². The standard InChI is InChI=1S/C12H23N3O3S/c1-14(19(2,17)18)10-5-4-8-15(9-10)11-6-3-7-13-12(11)16/h10-11H,3-9H2,1-2H3,(H,13,16). The number of piperidine rings is 2. The van der Waals surface area contributed by atoms with E-state index in [0.29, 0.717) is 6.54 Å². The number of carbonyl (C=O) groups excluding carboxylic acids is 1. The second-order valence-electron chi connectivity index (χ2n) is 5.52. The Balaban J connectivity index is 2.02. The Morgan fingerprint density at radius 2 is 2.05 bits per heavy atom. The second-order valence-corrected chi connectivity index (χ2v) is 7.56. The number of sulfonamides is 1. The highest BCUT2D eigenvalue weighted by atomic mass is 32.2.